The van der Waals surface area contributed by atoms with Crippen LogP contribution in [0.3, 0.4) is 0 Å². The Morgan fingerprint density at radius 3 is 2.70 bits per heavy atom. The Balaban J connectivity index is 1.70. The Labute approximate surface area is 207 Å². The maximum absolute atomic E-state index is 13.7. The molecule has 13 nitrogen and oxygen atoms in total. The van der Waals surface area contributed by atoms with Crippen LogP contribution in [0.4, 0.5) is 29.3 Å². The highest BCUT2D eigenvalue weighted by molar-refractivity contribution is 7.93. The number of amides is 2. The lowest BCUT2D eigenvalue weighted by Gasteiger charge is -2.35. The van der Waals surface area contributed by atoms with E-state index in [0.29, 0.717) is 6.20 Å². The zero-order chi connectivity index (χ0) is 26.9. The smallest absolute Gasteiger partial charge is 0.333 e. The summed E-state index contributed by atoms with van der Waals surface area (Å²) in [7, 11) is -4.71. The van der Waals surface area contributed by atoms with Crippen molar-refractivity contribution >= 4 is 33.4 Å². The van der Waals surface area contributed by atoms with Gasteiger partial charge in [-0.2, -0.15) is 8.78 Å². The summed E-state index contributed by atoms with van der Waals surface area (Å²) < 4.78 is 78.8. The molecule has 4 rings (SSSR count). The Kier molecular flexibility index (Phi) is 7.35. The Bertz CT molecular complexity index is 1290. The van der Waals surface area contributed by atoms with Gasteiger partial charge in [-0.05, 0) is 24.6 Å². The lowest BCUT2D eigenvalue weighted by Crippen LogP contribution is -2.48. The van der Waals surface area contributed by atoms with Crippen LogP contribution in [0.15, 0.2) is 29.3 Å². The third kappa shape index (κ3) is 5.66. The summed E-state index contributed by atoms with van der Waals surface area (Å²) in [5.41, 5.74) is -0.227. The lowest BCUT2D eigenvalue weighted by molar-refractivity contribution is -0.242. The quantitative estimate of drug-likeness (QED) is 0.364. The number of aliphatic hydroxyl groups is 1. The first kappa shape index (κ1) is 26.3. The number of hydrogen-bond acceptors (Lipinski definition) is 9. The van der Waals surface area contributed by atoms with Crippen LogP contribution in [0.25, 0.3) is 0 Å². The van der Waals surface area contributed by atoms with Gasteiger partial charge in [0, 0.05) is 5.69 Å². The number of halogens is 3. The normalized spacial score (nSPS) is 20.7. The molecule has 1 aromatic carbocycles. The van der Waals surface area contributed by atoms with Gasteiger partial charge < -0.3 is 35.1 Å². The minimum Gasteiger partial charge on any atom is -0.530 e. The fraction of sp³-hybridized carbons (Fsp3) is 0.450. The number of carbonyl (C=O) groups is 2. The van der Waals surface area contributed by atoms with E-state index in [-0.39, 0.29) is 34.8 Å². The number of aliphatic hydroxyl groups excluding tert-OH is 1. The second kappa shape index (κ2) is 10.3. The monoisotopic (exact) mass is 548 g/mol. The molecular formula is C20H21F3N5O8S-. The molecule has 0 bridgehead atoms. The molecule has 2 amide bonds. The van der Waals surface area contributed by atoms with Gasteiger partial charge in [-0.15, -0.1) is 5.10 Å². The molecule has 3 atom stereocenters. The molecule has 3 N–H and O–H groups in total. The molecule has 1 fully saturated rings. The van der Waals surface area contributed by atoms with Gasteiger partial charge in [0.05, 0.1) is 37.5 Å². The molecule has 1 aliphatic heterocycles. The summed E-state index contributed by atoms with van der Waals surface area (Å²) in [5, 5.41) is 27.9. The Hall–Kier alpha value is -3.73. The van der Waals surface area contributed by atoms with Crippen molar-refractivity contribution in [1.82, 2.24) is 15.1 Å². The number of sulfonamides is 1. The molecule has 0 saturated heterocycles. The molecule has 17 heteroatoms. The number of anilines is 2. The molecule has 202 valence electrons. The standard InChI is InChI=1S/C20H22F3N5O8S/c21-13-6-12(13)17(30)24-7-11-8-28(14-5-10(25-20(31)32)1-2-15(14)36-11)37(33,34)16-9-27(19(22)23)26-18(16)35-4-3-29/h1-2,5,9,11-13,19,25,29H,3-4,6-8H2,(H,24,30)(H,31,32)/p-1/t11-,12-,13+/m0/s1. The maximum atomic E-state index is 13.7. The first-order valence-corrected chi connectivity index (χ1v) is 12.3. The summed E-state index contributed by atoms with van der Waals surface area (Å²) in [6.07, 6.45) is -3.27. The van der Waals surface area contributed by atoms with E-state index in [4.69, 9.17) is 14.6 Å². The van der Waals surface area contributed by atoms with Crippen molar-refractivity contribution in [2.45, 2.75) is 30.1 Å². The number of nitrogens with zero attached hydrogens (tertiary/aromatic N) is 3. The largest absolute Gasteiger partial charge is 0.530 e. The first-order chi connectivity index (χ1) is 17.5. The molecule has 1 saturated carbocycles. The zero-order valence-electron chi connectivity index (χ0n) is 18.8. The van der Waals surface area contributed by atoms with Crippen LogP contribution in [0, 0.1) is 5.92 Å². The topological polar surface area (TPSA) is 175 Å². The Morgan fingerprint density at radius 1 is 1.35 bits per heavy atom. The van der Waals surface area contributed by atoms with Crippen molar-refractivity contribution in [3.8, 4) is 11.6 Å². The van der Waals surface area contributed by atoms with Gasteiger partial charge in [-0.25, -0.2) is 17.5 Å². The van der Waals surface area contributed by atoms with Crippen molar-refractivity contribution in [2.24, 2.45) is 5.92 Å². The van der Waals surface area contributed by atoms with Crippen LogP contribution in [-0.2, 0) is 14.8 Å². The minimum atomic E-state index is -4.71. The predicted octanol–water partition coefficient (Wildman–Crippen LogP) is -0.165. The highest BCUT2D eigenvalue weighted by Crippen LogP contribution is 2.40. The third-order valence-corrected chi connectivity index (χ3v) is 7.22. The number of rotatable bonds is 10. The van der Waals surface area contributed by atoms with E-state index >= 15 is 0 Å². The van der Waals surface area contributed by atoms with E-state index in [0.717, 1.165) is 10.4 Å². The van der Waals surface area contributed by atoms with Crippen LogP contribution in [0.1, 0.15) is 13.0 Å². The first-order valence-electron chi connectivity index (χ1n) is 10.9. The molecular weight excluding hydrogens is 527 g/mol. The van der Waals surface area contributed by atoms with Gasteiger partial charge in [0.25, 0.3) is 15.9 Å². The van der Waals surface area contributed by atoms with Gasteiger partial charge >= 0.3 is 6.55 Å². The summed E-state index contributed by atoms with van der Waals surface area (Å²) in [6.45, 7) is -4.86. The van der Waals surface area contributed by atoms with Crippen LogP contribution >= 0.6 is 0 Å². The molecule has 0 spiro atoms. The highest BCUT2D eigenvalue weighted by atomic mass is 32.2. The van der Waals surface area contributed by atoms with Crippen molar-refractivity contribution in [3.05, 3.63) is 24.4 Å². The van der Waals surface area contributed by atoms with Gasteiger partial charge in [-0.3, -0.25) is 9.10 Å². The minimum absolute atomic E-state index is 0.0353. The maximum Gasteiger partial charge on any atom is 0.333 e. The highest BCUT2D eigenvalue weighted by Gasteiger charge is 2.44. The molecule has 2 aromatic rings. The summed E-state index contributed by atoms with van der Waals surface area (Å²) in [4.78, 5) is 22.2. The van der Waals surface area contributed by atoms with E-state index in [9.17, 15) is 36.3 Å². The number of fused-ring (bicyclic) bond motifs is 1. The van der Waals surface area contributed by atoms with Crippen LogP contribution in [-0.4, -0.2) is 73.9 Å². The zero-order valence-corrected chi connectivity index (χ0v) is 19.7. The number of ether oxygens (including phenoxy) is 2. The second-order valence-corrected chi connectivity index (χ2v) is 9.93. The van der Waals surface area contributed by atoms with Crippen LogP contribution in [0.2, 0.25) is 0 Å². The van der Waals surface area contributed by atoms with Crippen molar-refractivity contribution in [1.29, 1.82) is 0 Å². The van der Waals surface area contributed by atoms with E-state index in [1.165, 1.54) is 12.1 Å². The molecule has 1 aliphatic carbocycles. The number of aromatic nitrogens is 2. The van der Waals surface area contributed by atoms with Crippen molar-refractivity contribution in [3.63, 3.8) is 0 Å². The summed E-state index contributed by atoms with van der Waals surface area (Å²) in [5.74, 6) is -2.09. The fourth-order valence-electron chi connectivity index (χ4n) is 3.62. The average Bonchev–Trinajstić information content (AvgIpc) is 3.41. The lowest BCUT2D eigenvalue weighted by atomic mass is 10.2. The molecule has 0 radical (unpaired) electrons. The SMILES string of the molecule is O=C([O-])Nc1ccc2c(c1)N(S(=O)(=O)c1cn(C(F)F)nc1OCCO)C[C@H](CNC(=O)[C@H]1C[C@H]1F)O2. The fourth-order valence-corrected chi connectivity index (χ4v) is 5.18. The van der Waals surface area contributed by atoms with E-state index < -0.39 is 77.3 Å². The third-order valence-electron chi connectivity index (χ3n) is 5.46. The van der Waals surface area contributed by atoms with Crippen molar-refractivity contribution < 1.29 is 50.9 Å². The Morgan fingerprint density at radius 2 is 2.08 bits per heavy atom. The number of carbonyl (C=O) groups excluding carboxylic acids is 2. The second-order valence-electron chi connectivity index (χ2n) is 8.10. The summed E-state index contributed by atoms with van der Waals surface area (Å²) in [6, 6.07) is 3.66. The summed E-state index contributed by atoms with van der Waals surface area (Å²) >= 11 is 0. The molecule has 1 aromatic heterocycles. The number of nitrogens with one attached hydrogen (secondary N) is 2. The van der Waals surface area contributed by atoms with Crippen molar-refractivity contribution in [2.75, 3.05) is 35.9 Å². The van der Waals surface area contributed by atoms with Crippen LogP contribution in [0.5, 0.6) is 11.6 Å². The van der Waals surface area contributed by atoms with E-state index in [2.05, 4.69) is 10.4 Å². The number of carboxylic acid groups (broad SMARTS) is 1. The van der Waals surface area contributed by atoms with Gasteiger partial charge in [0.2, 0.25) is 5.91 Å². The molecule has 2 aliphatic rings. The number of alkyl halides is 3. The number of benzene rings is 1. The predicted molar refractivity (Wildman–Crippen MR) is 116 cm³/mol. The number of hydrogen-bond donors (Lipinski definition) is 3. The van der Waals surface area contributed by atoms with Crippen LogP contribution < -0.4 is 29.5 Å². The van der Waals surface area contributed by atoms with Gasteiger partial charge in [0.1, 0.15) is 30.7 Å². The van der Waals surface area contributed by atoms with E-state index in [1.54, 1.807) is 0 Å². The molecule has 0 unspecified atom stereocenters. The molecule has 37 heavy (non-hydrogen) atoms. The average molecular weight is 548 g/mol. The molecule has 2 heterocycles. The van der Waals surface area contributed by atoms with Gasteiger partial charge in [0.15, 0.2) is 4.90 Å². The van der Waals surface area contributed by atoms with Gasteiger partial charge in [-0.1, -0.05) is 0 Å². The van der Waals surface area contributed by atoms with E-state index in [1.807, 2.05) is 5.32 Å².